The van der Waals surface area contributed by atoms with Crippen LogP contribution >= 0.6 is 11.6 Å². The number of H-pyrrole nitrogens is 1. The molecule has 1 atom stereocenters. The minimum Gasteiger partial charge on any atom is -0.448 e. The molecule has 2 heterocycles. The quantitative estimate of drug-likeness (QED) is 0.847. The number of carbonyl (C=O) groups excluding carboxylic acids is 2. The van der Waals surface area contributed by atoms with Gasteiger partial charge < -0.3 is 15.0 Å². The monoisotopic (exact) mass is 293 g/mol. The van der Waals surface area contributed by atoms with Crippen LogP contribution in [0.15, 0.2) is 36.7 Å². The number of carbonyl (C=O) groups is 2. The molecule has 0 aromatic carbocycles. The molecule has 104 valence electrons. The van der Waals surface area contributed by atoms with E-state index in [-0.39, 0.29) is 5.69 Å². The van der Waals surface area contributed by atoms with Gasteiger partial charge in [-0.2, -0.15) is 0 Å². The number of nitrogens with zero attached hydrogens (tertiary/aromatic N) is 1. The second kappa shape index (κ2) is 6.21. The van der Waals surface area contributed by atoms with E-state index >= 15 is 0 Å². The Morgan fingerprint density at radius 2 is 2.20 bits per heavy atom. The van der Waals surface area contributed by atoms with E-state index in [9.17, 15) is 9.59 Å². The van der Waals surface area contributed by atoms with Crippen molar-refractivity contribution in [2.45, 2.75) is 13.0 Å². The Morgan fingerprint density at radius 1 is 1.40 bits per heavy atom. The Labute approximate surface area is 120 Å². The molecule has 2 aromatic heterocycles. The van der Waals surface area contributed by atoms with E-state index in [2.05, 4.69) is 15.3 Å². The summed E-state index contributed by atoms with van der Waals surface area (Å²) in [5.74, 6) is -0.733. The van der Waals surface area contributed by atoms with Gasteiger partial charge in [0.15, 0.2) is 6.10 Å². The third-order valence-corrected chi connectivity index (χ3v) is 2.67. The van der Waals surface area contributed by atoms with Crippen molar-refractivity contribution in [1.29, 1.82) is 0 Å². The van der Waals surface area contributed by atoms with E-state index in [1.807, 2.05) is 0 Å². The normalized spacial score (nSPS) is 11.7. The molecule has 2 rings (SSSR count). The maximum Gasteiger partial charge on any atom is 0.355 e. The second-order valence-electron chi connectivity index (χ2n) is 3.98. The van der Waals surface area contributed by atoms with Crippen LogP contribution in [0.1, 0.15) is 17.4 Å². The molecule has 0 saturated carbocycles. The third-order valence-electron chi connectivity index (χ3n) is 2.45. The zero-order valence-electron chi connectivity index (χ0n) is 10.6. The summed E-state index contributed by atoms with van der Waals surface area (Å²) in [7, 11) is 0. The predicted molar refractivity (Wildman–Crippen MR) is 73.5 cm³/mol. The molecule has 0 bridgehead atoms. The summed E-state index contributed by atoms with van der Waals surface area (Å²) in [6, 6.07) is 6.38. The molecule has 2 N–H and O–H groups in total. The van der Waals surface area contributed by atoms with Crippen molar-refractivity contribution in [3.8, 4) is 0 Å². The SMILES string of the molecule is C[C@@H](OC(=O)c1ccc[nH]1)C(=O)Nc1ccc(Cl)cn1. The van der Waals surface area contributed by atoms with Gasteiger partial charge in [0.1, 0.15) is 11.5 Å². The van der Waals surface area contributed by atoms with Crippen molar-refractivity contribution in [3.05, 3.63) is 47.4 Å². The number of rotatable bonds is 4. The standard InChI is InChI=1S/C13H12ClN3O3/c1-8(20-13(19)10-3-2-6-15-10)12(18)17-11-5-4-9(14)7-16-11/h2-8,15H,1H3,(H,16,17,18)/t8-/m1/s1. The van der Waals surface area contributed by atoms with Crippen molar-refractivity contribution < 1.29 is 14.3 Å². The summed E-state index contributed by atoms with van der Waals surface area (Å²) >= 11 is 5.69. The molecule has 0 saturated heterocycles. The summed E-state index contributed by atoms with van der Waals surface area (Å²) < 4.78 is 5.02. The highest BCUT2D eigenvalue weighted by molar-refractivity contribution is 6.30. The van der Waals surface area contributed by atoms with Crippen molar-refractivity contribution >= 4 is 29.3 Å². The minimum atomic E-state index is -0.941. The van der Waals surface area contributed by atoms with Crippen molar-refractivity contribution in [2.24, 2.45) is 0 Å². The molecule has 0 spiro atoms. The van der Waals surface area contributed by atoms with Crippen LogP contribution in [0.3, 0.4) is 0 Å². The van der Waals surface area contributed by atoms with Gasteiger partial charge in [-0.1, -0.05) is 11.6 Å². The van der Waals surface area contributed by atoms with Gasteiger partial charge in [-0.15, -0.1) is 0 Å². The Bertz CT molecular complexity index is 596. The smallest absolute Gasteiger partial charge is 0.355 e. The maximum absolute atomic E-state index is 11.8. The molecular formula is C13H12ClN3O3. The summed E-state index contributed by atoms with van der Waals surface area (Å²) in [5, 5.41) is 2.99. The minimum absolute atomic E-state index is 0.286. The second-order valence-corrected chi connectivity index (χ2v) is 4.42. The summed E-state index contributed by atoms with van der Waals surface area (Å²) in [5.41, 5.74) is 0.286. The fourth-order valence-electron chi connectivity index (χ4n) is 1.41. The Hall–Kier alpha value is -2.34. The first-order valence-electron chi connectivity index (χ1n) is 5.83. The van der Waals surface area contributed by atoms with E-state index in [0.29, 0.717) is 10.8 Å². The first kappa shape index (κ1) is 14.1. The van der Waals surface area contributed by atoms with Crippen LogP contribution < -0.4 is 5.32 Å². The Kier molecular flexibility index (Phi) is 4.37. The average molecular weight is 294 g/mol. The molecule has 0 radical (unpaired) electrons. The number of aromatic nitrogens is 2. The number of anilines is 1. The lowest BCUT2D eigenvalue weighted by Crippen LogP contribution is -2.30. The molecule has 0 fully saturated rings. The van der Waals surface area contributed by atoms with Crippen molar-refractivity contribution in [2.75, 3.05) is 5.32 Å². The third kappa shape index (κ3) is 3.58. The van der Waals surface area contributed by atoms with E-state index < -0.39 is 18.0 Å². The van der Waals surface area contributed by atoms with E-state index in [4.69, 9.17) is 16.3 Å². The Balaban J connectivity index is 1.92. The van der Waals surface area contributed by atoms with E-state index in [1.165, 1.54) is 13.1 Å². The number of hydrogen-bond donors (Lipinski definition) is 2. The zero-order chi connectivity index (χ0) is 14.5. The lowest BCUT2D eigenvalue weighted by molar-refractivity contribution is -0.123. The number of halogens is 1. The van der Waals surface area contributed by atoms with E-state index in [1.54, 1.807) is 30.5 Å². The summed E-state index contributed by atoms with van der Waals surface area (Å²) in [4.78, 5) is 30.1. The van der Waals surface area contributed by atoms with Gasteiger partial charge >= 0.3 is 5.97 Å². The molecule has 1 amide bonds. The Morgan fingerprint density at radius 3 is 2.80 bits per heavy atom. The largest absolute Gasteiger partial charge is 0.448 e. The van der Waals surface area contributed by atoms with Crippen LogP contribution in [0.5, 0.6) is 0 Å². The number of hydrogen-bond acceptors (Lipinski definition) is 4. The summed E-state index contributed by atoms with van der Waals surface area (Å²) in [6.45, 7) is 1.48. The van der Waals surface area contributed by atoms with Crippen LogP contribution in [-0.2, 0) is 9.53 Å². The number of ether oxygens (including phenoxy) is 1. The molecule has 6 nitrogen and oxygen atoms in total. The maximum atomic E-state index is 11.8. The highest BCUT2D eigenvalue weighted by atomic mass is 35.5. The molecule has 0 aliphatic heterocycles. The van der Waals surface area contributed by atoms with Crippen LogP contribution in [0.2, 0.25) is 5.02 Å². The zero-order valence-corrected chi connectivity index (χ0v) is 11.3. The van der Waals surface area contributed by atoms with E-state index in [0.717, 1.165) is 0 Å². The molecule has 0 unspecified atom stereocenters. The van der Waals surface area contributed by atoms with Gasteiger partial charge in [0.25, 0.3) is 5.91 Å². The molecular weight excluding hydrogens is 282 g/mol. The fraction of sp³-hybridized carbons (Fsp3) is 0.154. The van der Waals surface area contributed by atoms with Crippen LogP contribution in [0, 0.1) is 0 Å². The molecule has 0 aliphatic carbocycles. The van der Waals surface area contributed by atoms with Gasteiger partial charge in [-0.25, -0.2) is 9.78 Å². The number of aromatic amines is 1. The molecule has 7 heteroatoms. The topological polar surface area (TPSA) is 84.1 Å². The predicted octanol–water partition coefficient (Wildman–Crippen LogP) is 2.25. The number of nitrogens with one attached hydrogen (secondary N) is 2. The highest BCUT2D eigenvalue weighted by Crippen LogP contribution is 2.10. The summed E-state index contributed by atoms with van der Waals surface area (Å²) in [6.07, 6.45) is 2.06. The van der Waals surface area contributed by atoms with Crippen LogP contribution in [-0.4, -0.2) is 27.9 Å². The van der Waals surface area contributed by atoms with Gasteiger partial charge in [0.05, 0.1) is 5.02 Å². The van der Waals surface area contributed by atoms with Gasteiger partial charge in [0.2, 0.25) is 0 Å². The van der Waals surface area contributed by atoms with Gasteiger partial charge in [-0.05, 0) is 31.2 Å². The number of pyridine rings is 1. The molecule has 2 aromatic rings. The fourth-order valence-corrected chi connectivity index (χ4v) is 1.52. The molecule has 0 aliphatic rings. The lowest BCUT2D eigenvalue weighted by atomic mass is 10.3. The van der Waals surface area contributed by atoms with Crippen LogP contribution in [0.4, 0.5) is 5.82 Å². The van der Waals surface area contributed by atoms with Gasteiger partial charge in [-0.3, -0.25) is 4.79 Å². The average Bonchev–Trinajstić information content (AvgIpc) is 2.95. The first-order chi connectivity index (χ1) is 9.56. The van der Waals surface area contributed by atoms with Crippen LogP contribution in [0.25, 0.3) is 0 Å². The van der Waals surface area contributed by atoms with Crippen molar-refractivity contribution in [1.82, 2.24) is 9.97 Å². The number of esters is 1. The highest BCUT2D eigenvalue weighted by Gasteiger charge is 2.19. The van der Waals surface area contributed by atoms with Gasteiger partial charge in [0, 0.05) is 12.4 Å². The molecule has 20 heavy (non-hydrogen) atoms. The van der Waals surface area contributed by atoms with Crippen molar-refractivity contribution in [3.63, 3.8) is 0 Å². The lowest BCUT2D eigenvalue weighted by Gasteiger charge is -2.12. The first-order valence-corrected chi connectivity index (χ1v) is 6.21. The number of amides is 1.